The van der Waals surface area contributed by atoms with Crippen molar-refractivity contribution in [1.29, 1.82) is 0 Å². The molecule has 2 aromatic heterocycles. The molecule has 2 N–H and O–H groups in total. The Hall–Kier alpha value is -5.38. The number of ether oxygens (including phenoxy) is 4. The number of anilines is 2. The highest BCUT2D eigenvalue weighted by Crippen LogP contribution is 2.41. The average molecular weight is 566 g/mol. The molecule has 10 nitrogen and oxygen atoms in total. The number of fused-ring (bicyclic) bond motifs is 1. The number of aromatic nitrogens is 3. The van der Waals surface area contributed by atoms with E-state index in [2.05, 4.69) is 39.9 Å². The fourth-order valence-electron chi connectivity index (χ4n) is 4.62. The van der Waals surface area contributed by atoms with Crippen LogP contribution in [-0.4, -0.2) is 49.0 Å². The number of carbonyl (C=O) groups is 1. The van der Waals surface area contributed by atoms with Crippen molar-refractivity contribution in [3.63, 3.8) is 0 Å². The molecule has 1 amide bonds. The van der Waals surface area contributed by atoms with E-state index in [1.807, 2.05) is 36.4 Å². The number of carbonyl (C=O) groups excluding carboxylic acids is 1. The third kappa shape index (κ3) is 6.02. The first kappa shape index (κ1) is 28.2. The monoisotopic (exact) mass is 565 g/mol. The summed E-state index contributed by atoms with van der Waals surface area (Å²) in [6.45, 7) is 1.96. The standard InChI is InChI=1S/C32H31N5O5/c1-5-42-32(38)37-27-18-23(34-28(20-12-8-6-9-13-20)21-14-10-7-11-15-21)29-31(36-27)35-24(19-33-29)22-16-25(39-2)30(41-4)26(17-22)40-3/h6-19,28H,5H2,1-4H3,(H2,34,35,36,37,38). The zero-order valence-electron chi connectivity index (χ0n) is 23.8. The minimum atomic E-state index is -0.619. The number of rotatable bonds is 10. The maximum atomic E-state index is 12.3. The molecule has 0 saturated carbocycles. The smallest absolute Gasteiger partial charge is 0.412 e. The van der Waals surface area contributed by atoms with Crippen molar-refractivity contribution in [3.8, 4) is 28.5 Å². The lowest BCUT2D eigenvalue weighted by Gasteiger charge is -2.22. The van der Waals surface area contributed by atoms with Gasteiger partial charge in [0.15, 0.2) is 17.1 Å². The van der Waals surface area contributed by atoms with E-state index < -0.39 is 6.09 Å². The molecule has 0 radical (unpaired) electrons. The molecule has 0 unspecified atom stereocenters. The van der Waals surface area contributed by atoms with Gasteiger partial charge in [-0.3, -0.25) is 5.32 Å². The Morgan fingerprint density at radius 3 is 2.00 bits per heavy atom. The number of pyridine rings is 1. The van der Waals surface area contributed by atoms with E-state index in [4.69, 9.17) is 28.9 Å². The van der Waals surface area contributed by atoms with E-state index in [0.29, 0.717) is 45.4 Å². The van der Waals surface area contributed by atoms with Gasteiger partial charge >= 0.3 is 6.09 Å². The van der Waals surface area contributed by atoms with Crippen molar-refractivity contribution in [1.82, 2.24) is 15.0 Å². The zero-order valence-corrected chi connectivity index (χ0v) is 23.8. The van der Waals surface area contributed by atoms with Gasteiger partial charge in [0.1, 0.15) is 11.3 Å². The lowest BCUT2D eigenvalue weighted by molar-refractivity contribution is 0.168. The summed E-state index contributed by atoms with van der Waals surface area (Å²) in [4.78, 5) is 26.5. The predicted octanol–water partition coefficient (Wildman–Crippen LogP) is 6.49. The summed E-state index contributed by atoms with van der Waals surface area (Å²) in [5.41, 5.74) is 4.79. The van der Waals surface area contributed by atoms with Gasteiger partial charge in [0.05, 0.1) is 51.6 Å². The molecule has 10 heteroatoms. The van der Waals surface area contributed by atoms with Gasteiger partial charge in [0.25, 0.3) is 0 Å². The Labute approximate surface area is 243 Å². The third-order valence-corrected chi connectivity index (χ3v) is 6.55. The molecule has 0 aliphatic carbocycles. The maximum absolute atomic E-state index is 12.3. The Balaban J connectivity index is 1.64. The van der Waals surface area contributed by atoms with E-state index in [-0.39, 0.29) is 18.5 Å². The van der Waals surface area contributed by atoms with Gasteiger partial charge in [-0.1, -0.05) is 60.7 Å². The van der Waals surface area contributed by atoms with Crippen LogP contribution in [0.25, 0.3) is 22.4 Å². The Morgan fingerprint density at radius 2 is 1.45 bits per heavy atom. The van der Waals surface area contributed by atoms with Crippen LogP contribution in [0.2, 0.25) is 0 Å². The fourth-order valence-corrected chi connectivity index (χ4v) is 4.62. The Bertz CT molecular complexity index is 1620. The average Bonchev–Trinajstić information content (AvgIpc) is 3.03. The summed E-state index contributed by atoms with van der Waals surface area (Å²) in [5, 5.41) is 6.32. The number of methoxy groups -OCH3 is 3. The molecule has 0 saturated heterocycles. The molecular formula is C32H31N5O5. The van der Waals surface area contributed by atoms with Gasteiger partial charge in [-0.05, 0) is 30.2 Å². The molecule has 3 aromatic carbocycles. The van der Waals surface area contributed by atoms with Crippen molar-refractivity contribution in [2.45, 2.75) is 13.0 Å². The maximum Gasteiger partial charge on any atom is 0.412 e. The van der Waals surface area contributed by atoms with Crippen molar-refractivity contribution < 1.29 is 23.7 Å². The van der Waals surface area contributed by atoms with Gasteiger partial charge in [-0.2, -0.15) is 0 Å². The number of amides is 1. The van der Waals surface area contributed by atoms with Gasteiger partial charge in [0, 0.05) is 11.6 Å². The van der Waals surface area contributed by atoms with Crippen LogP contribution < -0.4 is 24.8 Å². The van der Waals surface area contributed by atoms with Crippen LogP contribution in [0, 0.1) is 0 Å². The van der Waals surface area contributed by atoms with Crippen LogP contribution in [-0.2, 0) is 4.74 Å². The fraction of sp³-hybridized carbons (Fsp3) is 0.188. The SMILES string of the molecule is CCOC(=O)Nc1cc(NC(c2ccccc2)c2ccccc2)c2ncc(-c3cc(OC)c(OC)c(OC)c3)nc2n1. The van der Waals surface area contributed by atoms with E-state index in [0.717, 1.165) is 11.1 Å². The molecule has 0 bridgehead atoms. The highest BCUT2D eigenvalue weighted by molar-refractivity contribution is 5.92. The van der Waals surface area contributed by atoms with Crippen molar-refractivity contribution in [2.75, 3.05) is 38.6 Å². The second kappa shape index (κ2) is 12.9. The largest absolute Gasteiger partial charge is 0.493 e. The first-order valence-electron chi connectivity index (χ1n) is 13.3. The molecule has 0 aliphatic heterocycles. The number of hydrogen-bond donors (Lipinski definition) is 2. The highest BCUT2D eigenvalue weighted by Gasteiger charge is 2.20. The van der Waals surface area contributed by atoms with Crippen LogP contribution in [0.3, 0.4) is 0 Å². The minimum Gasteiger partial charge on any atom is -0.493 e. The molecule has 0 fully saturated rings. The van der Waals surface area contributed by atoms with Crippen LogP contribution in [0.15, 0.2) is 85.1 Å². The highest BCUT2D eigenvalue weighted by atomic mass is 16.5. The normalized spacial score (nSPS) is 10.8. The Morgan fingerprint density at radius 1 is 0.833 bits per heavy atom. The van der Waals surface area contributed by atoms with Crippen molar-refractivity contribution in [3.05, 3.63) is 96.2 Å². The summed E-state index contributed by atoms with van der Waals surface area (Å²) in [6, 6.07) is 25.2. The van der Waals surface area contributed by atoms with E-state index in [1.165, 1.54) is 0 Å². The summed E-state index contributed by atoms with van der Waals surface area (Å²) < 4.78 is 21.6. The summed E-state index contributed by atoms with van der Waals surface area (Å²) in [6.07, 6.45) is 1.04. The third-order valence-electron chi connectivity index (χ3n) is 6.55. The molecule has 5 rings (SSSR count). The molecule has 2 heterocycles. The molecule has 5 aromatic rings. The summed E-state index contributed by atoms with van der Waals surface area (Å²) in [5.74, 6) is 1.70. The second-order valence-electron chi connectivity index (χ2n) is 9.14. The molecule has 0 atom stereocenters. The van der Waals surface area contributed by atoms with Gasteiger partial charge in [0.2, 0.25) is 5.75 Å². The van der Waals surface area contributed by atoms with E-state index >= 15 is 0 Å². The zero-order chi connectivity index (χ0) is 29.5. The van der Waals surface area contributed by atoms with Gasteiger partial charge in [-0.25, -0.2) is 19.7 Å². The molecule has 0 spiro atoms. The van der Waals surface area contributed by atoms with Gasteiger partial charge in [-0.15, -0.1) is 0 Å². The summed E-state index contributed by atoms with van der Waals surface area (Å²) in [7, 11) is 4.65. The minimum absolute atomic E-state index is 0.218. The van der Waals surface area contributed by atoms with E-state index in [9.17, 15) is 4.79 Å². The second-order valence-corrected chi connectivity index (χ2v) is 9.14. The molecule has 214 valence electrons. The van der Waals surface area contributed by atoms with Crippen LogP contribution in [0.4, 0.5) is 16.3 Å². The quantitative estimate of drug-likeness (QED) is 0.196. The lowest BCUT2D eigenvalue weighted by Crippen LogP contribution is -2.16. The molecule has 0 aliphatic rings. The van der Waals surface area contributed by atoms with Gasteiger partial charge < -0.3 is 24.3 Å². The topological polar surface area (TPSA) is 117 Å². The number of nitrogens with zero attached hydrogens (tertiary/aromatic N) is 3. The van der Waals surface area contributed by atoms with Crippen LogP contribution in [0.1, 0.15) is 24.1 Å². The van der Waals surface area contributed by atoms with E-state index in [1.54, 1.807) is 52.6 Å². The van der Waals surface area contributed by atoms with Crippen molar-refractivity contribution in [2.24, 2.45) is 0 Å². The number of nitrogens with one attached hydrogen (secondary N) is 2. The van der Waals surface area contributed by atoms with Crippen LogP contribution in [0.5, 0.6) is 17.2 Å². The van der Waals surface area contributed by atoms with Crippen LogP contribution >= 0.6 is 0 Å². The first-order chi connectivity index (χ1) is 20.5. The summed E-state index contributed by atoms with van der Waals surface area (Å²) >= 11 is 0. The number of benzene rings is 3. The number of hydrogen-bond acceptors (Lipinski definition) is 9. The molecule has 42 heavy (non-hydrogen) atoms. The Kier molecular flexibility index (Phi) is 8.62. The first-order valence-corrected chi connectivity index (χ1v) is 13.3. The van der Waals surface area contributed by atoms with Crippen molar-refractivity contribution >= 4 is 28.8 Å². The molecular weight excluding hydrogens is 534 g/mol. The lowest BCUT2D eigenvalue weighted by atomic mass is 9.98. The predicted molar refractivity (Wildman–Crippen MR) is 161 cm³/mol.